The second-order valence-electron chi connectivity index (χ2n) is 9.42. The van der Waals surface area contributed by atoms with E-state index in [4.69, 9.17) is 0 Å². The van der Waals surface area contributed by atoms with E-state index in [-0.39, 0.29) is 17.4 Å². The van der Waals surface area contributed by atoms with Gasteiger partial charge in [0, 0.05) is 12.5 Å². The molecule has 3 saturated carbocycles. The smallest absolute Gasteiger partial charge is 0.220 e. The quantitative estimate of drug-likeness (QED) is 0.722. The van der Waals surface area contributed by atoms with Gasteiger partial charge in [-0.05, 0) is 73.0 Å². The van der Waals surface area contributed by atoms with Crippen molar-refractivity contribution >= 4 is 5.91 Å². The van der Waals surface area contributed by atoms with Crippen molar-refractivity contribution in [3.8, 4) is 0 Å². The summed E-state index contributed by atoms with van der Waals surface area (Å²) in [5.74, 6) is 3.07. The van der Waals surface area contributed by atoms with Gasteiger partial charge in [0.15, 0.2) is 0 Å². The van der Waals surface area contributed by atoms with E-state index in [2.05, 4.69) is 26.1 Å². The summed E-state index contributed by atoms with van der Waals surface area (Å²) in [5, 5.41) is 13.6. The zero-order valence-corrected chi connectivity index (χ0v) is 14.3. The Morgan fingerprint density at radius 3 is 2.73 bits per heavy atom. The second-order valence-corrected chi connectivity index (χ2v) is 9.42. The zero-order chi connectivity index (χ0) is 15.7. The molecular weight excluding hydrogens is 274 g/mol. The summed E-state index contributed by atoms with van der Waals surface area (Å²) in [4.78, 5) is 11.9. The average Bonchev–Trinajstić information content (AvgIpc) is 2.75. The van der Waals surface area contributed by atoms with Crippen LogP contribution in [0, 0.1) is 34.5 Å². The fraction of sp³-hybridized carbons (Fsp3) is 0.947. The Labute approximate surface area is 134 Å². The Morgan fingerprint density at radius 2 is 1.95 bits per heavy atom. The van der Waals surface area contributed by atoms with Crippen molar-refractivity contribution in [1.82, 2.24) is 5.32 Å². The highest BCUT2D eigenvalue weighted by molar-refractivity contribution is 5.77. The Hall–Kier alpha value is -0.570. The molecule has 1 aliphatic heterocycles. The molecule has 22 heavy (non-hydrogen) atoms. The molecule has 0 aromatic heterocycles. The van der Waals surface area contributed by atoms with E-state index in [1.165, 1.54) is 12.8 Å². The van der Waals surface area contributed by atoms with E-state index in [0.717, 1.165) is 37.5 Å². The van der Waals surface area contributed by atoms with E-state index >= 15 is 0 Å². The second kappa shape index (κ2) is 4.72. The molecule has 0 bridgehead atoms. The van der Waals surface area contributed by atoms with Gasteiger partial charge < -0.3 is 10.4 Å². The molecule has 0 radical (unpaired) electrons. The molecule has 1 saturated heterocycles. The van der Waals surface area contributed by atoms with Gasteiger partial charge in [0.25, 0.3) is 0 Å². The molecule has 0 aromatic rings. The van der Waals surface area contributed by atoms with Crippen molar-refractivity contribution < 1.29 is 9.90 Å². The van der Waals surface area contributed by atoms with Crippen LogP contribution in [-0.2, 0) is 4.79 Å². The Bertz CT molecular complexity index is 492. The van der Waals surface area contributed by atoms with Gasteiger partial charge in [0.2, 0.25) is 5.91 Å². The number of hydrogen-bond donors (Lipinski definition) is 2. The molecule has 2 N–H and O–H groups in total. The predicted octanol–water partition coefficient (Wildman–Crippen LogP) is 3.11. The lowest BCUT2D eigenvalue weighted by Gasteiger charge is -2.61. The number of carbonyl (C=O) groups excluding carboxylic acids is 1. The lowest BCUT2D eigenvalue weighted by atomic mass is 9.45. The highest BCUT2D eigenvalue weighted by Crippen LogP contribution is 2.65. The number of piperidine rings is 1. The molecule has 4 fully saturated rings. The summed E-state index contributed by atoms with van der Waals surface area (Å²) < 4.78 is 0. The summed E-state index contributed by atoms with van der Waals surface area (Å²) in [6.45, 7) is 7.26. The van der Waals surface area contributed by atoms with Crippen LogP contribution in [0.1, 0.15) is 65.7 Å². The van der Waals surface area contributed by atoms with Gasteiger partial charge in [-0.25, -0.2) is 0 Å². The summed E-state index contributed by atoms with van der Waals surface area (Å²) in [5.41, 5.74) is 0.635. The number of nitrogens with one attached hydrogen (secondary N) is 1. The molecule has 8 atom stereocenters. The van der Waals surface area contributed by atoms with Crippen LogP contribution in [0.25, 0.3) is 0 Å². The summed E-state index contributed by atoms with van der Waals surface area (Å²) in [6, 6.07) is 0.376. The summed E-state index contributed by atoms with van der Waals surface area (Å²) in [7, 11) is 0. The molecule has 4 aliphatic rings. The molecule has 1 amide bonds. The van der Waals surface area contributed by atoms with Crippen molar-refractivity contribution in [3.05, 3.63) is 0 Å². The molecule has 4 rings (SSSR count). The van der Waals surface area contributed by atoms with E-state index in [1.54, 1.807) is 0 Å². The molecule has 124 valence electrons. The molecule has 0 aromatic carbocycles. The van der Waals surface area contributed by atoms with Gasteiger partial charge in [-0.15, -0.1) is 0 Å². The first-order valence-corrected chi connectivity index (χ1v) is 9.31. The minimum Gasteiger partial charge on any atom is -0.393 e. The molecule has 3 heteroatoms. The van der Waals surface area contributed by atoms with E-state index in [9.17, 15) is 9.90 Å². The maximum atomic E-state index is 11.9. The van der Waals surface area contributed by atoms with Gasteiger partial charge in [-0.2, -0.15) is 0 Å². The number of hydrogen-bond acceptors (Lipinski definition) is 2. The number of carbonyl (C=O) groups is 1. The van der Waals surface area contributed by atoms with Crippen molar-refractivity contribution in [2.75, 3.05) is 0 Å². The normalized spacial score (nSPS) is 57.5. The topological polar surface area (TPSA) is 49.3 Å². The molecule has 1 heterocycles. The number of aliphatic hydroxyl groups excluding tert-OH is 1. The van der Waals surface area contributed by atoms with Gasteiger partial charge in [-0.3, -0.25) is 4.79 Å². The van der Waals surface area contributed by atoms with E-state index < -0.39 is 0 Å². The van der Waals surface area contributed by atoms with Crippen LogP contribution >= 0.6 is 0 Å². The molecule has 0 spiro atoms. The Morgan fingerprint density at radius 1 is 1.18 bits per heavy atom. The predicted molar refractivity (Wildman–Crippen MR) is 86.1 cm³/mol. The molecular formula is C19H31NO2. The third-order valence-electron chi connectivity index (χ3n) is 8.21. The van der Waals surface area contributed by atoms with E-state index in [0.29, 0.717) is 29.7 Å². The number of aliphatic hydroxyl groups is 1. The lowest BCUT2D eigenvalue weighted by Crippen LogP contribution is -2.62. The minimum absolute atomic E-state index is 0.0856. The Balaban J connectivity index is 1.68. The third kappa shape index (κ3) is 1.93. The maximum absolute atomic E-state index is 11.9. The number of fused-ring (bicyclic) bond motifs is 5. The van der Waals surface area contributed by atoms with Gasteiger partial charge in [0.05, 0.1) is 6.10 Å². The summed E-state index contributed by atoms with van der Waals surface area (Å²) in [6.07, 6.45) is 7.37. The van der Waals surface area contributed by atoms with Crippen LogP contribution in [0.2, 0.25) is 0 Å². The SMILES string of the molecule is CC1CC2NC(=O)CC[C@]2(C)[C@@H]2CC[C@]3(C)CC(O)C[C@H]3[C@H]12. The first kappa shape index (κ1) is 15.0. The zero-order valence-electron chi connectivity index (χ0n) is 14.3. The lowest BCUT2D eigenvalue weighted by molar-refractivity contribution is -0.141. The summed E-state index contributed by atoms with van der Waals surface area (Å²) >= 11 is 0. The van der Waals surface area contributed by atoms with Crippen LogP contribution < -0.4 is 5.32 Å². The first-order valence-electron chi connectivity index (χ1n) is 9.31. The fourth-order valence-corrected chi connectivity index (χ4v) is 7.07. The van der Waals surface area contributed by atoms with Crippen LogP contribution in [-0.4, -0.2) is 23.2 Å². The van der Waals surface area contributed by atoms with Crippen LogP contribution in [0.15, 0.2) is 0 Å². The minimum atomic E-state index is -0.0856. The van der Waals surface area contributed by atoms with Crippen molar-refractivity contribution in [1.29, 1.82) is 0 Å². The highest BCUT2D eigenvalue weighted by Gasteiger charge is 2.61. The molecule has 3 nitrogen and oxygen atoms in total. The molecule has 3 unspecified atom stereocenters. The van der Waals surface area contributed by atoms with Crippen LogP contribution in [0.4, 0.5) is 0 Å². The third-order valence-corrected chi connectivity index (χ3v) is 8.21. The van der Waals surface area contributed by atoms with Crippen molar-refractivity contribution in [2.24, 2.45) is 34.5 Å². The van der Waals surface area contributed by atoms with Crippen molar-refractivity contribution in [2.45, 2.75) is 77.9 Å². The largest absolute Gasteiger partial charge is 0.393 e. The number of amides is 1. The number of rotatable bonds is 0. The van der Waals surface area contributed by atoms with Crippen molar-refractivity contribution in [3.63, 3.8) is 0 Å². The fourth-order valence-electron chi connectivity index (χ4n) is 7.07. The van der Waals surface area contributed by atoms with E-state index in [1.807, 2.05) is 0 Å². The van der Waals surface area contributed by atoms with Gasteiger partial charge in [0.1, 0.15) is 0 Å². The molecule has 3 aliphatic carbocycles. The van der Waals surface area contributed by atoms with Gasteiger partial charge in [-0.1, -0.05) is 20.8 Å². The first-order chi connectivity index (χ1) is 10.3. The monoisotopic (exact) mass is 305 g/mol. The standard InChI is InChI=1S/C19H31NO2/c1-11-8-15-19(3,7-5-16(22)20-15)13-4-6-18(2)10-12(21)9-14(18)17(11)13/h11-15,17,21H,4-10H2,1-3H3,(H,20,22)/t11?,12?,13-,14+,15?,17-,18-,19-/m1/s1. The van der Waals surface area contributed by atoms with Gasteiger partial charge >= 0.3 is 0 Å². The average molecular weight is 305 g/mol. The van der Waals surface area contributed by atoms with Crippen LogP contribution in [0.3, 0.4) is 0 Å². The Kier molecular flexibility index (Phi) is 3.21. The van der Waals surface area contributed by atoms with Crippen LogP contribution in [0.5, 0.6) is 0 Å². The maximum Gasteiger partial charge on any atom is 0.220 e. The highest BCUT2D eigenvalue weighted by atomic mass is 16.3.